The van der Waals surface area contributed by atoms with Gasteiger partial charge in [0.05, 0.1) is 29.6 Å². The second-order valence-electron chi connectivity index (χ2n) is 8.78. The molecule has 5 rings (SSSR count). The largest absolute Gasteiger partial charge is 0.365 e. The van der Waals surface area contributed by atoms with Crippen molar-refractivity contribution in [3.8, 4) is 11.1 Å². The number of amides is 2. The number of aryl methyl sites for hydroxylation is 1. The summed E-state index contributed by atoms with van der Waals surface area (Å²) in [6.07, 6.45) is 7.79. The number of aromatic nitrogens is 4. The van der Waals surface area contributed by atoms with E-state index in [0.29, 0.717) is 18.1 Å². The van der Waals surface area contributed by atoms with E-state index in [9.17, 15) is 4.79 Å². The van der Waals surface area contributed by atoms with Gasteiger partial charge in [-0.15, -0.1) is 0 Å². The summed E-state index contributed by atoms with van der Waals surface area (Å²) in [5.74, 6) is 0. The molecule has 1 fully saturated rings. The van der Waals surface area contributed by atoms with Crippen LogP contribution in [0.4, 0.5) is 10.5 Å². The molecule has 0 saturated carbocycles. The number of halogens is 1. The first kappa shape index (κ1) is 22.3. The molecule has 0 aliphatic carbocycles. The van der Waals surface area contributed by atoms with Crippen molar-refractivity contribution in [1.82, 2.24) is 29.2 Å². The van der Waals surface area contributed by atoms with E-state index in [-0.39, 0.29) is 12.1 Å². The van der Waals surface area contributed by atoms with Crippen LogP contribution in [0.1, 0.15) is 18.5 Å². The molecule has 0 spiro atoms. The summed E-state index contributed by atoms with van der Waals surface area (Å²) in [7, 11) is 3.77. The second kappa shape index (κ2) is 9.02. The molecular formula is C25H28ClN7O. The van der Waals surface area contributed by atoms with E-state index >= 15 is 0 Å². The topological polar surface area (TPSA) is 61.9 Å². The van der Waals surface area contributed by atoms with Gasteiger partial charge >= 0.3 is 6.03 Å². The highest BCUT2D eigenvalue weighted by Gasteiger charge is 2.27. The van der Waals surface area contributed by atoms with Crippen LogP contribution in [-0.2, 0) is 7.05 Å². The van der Waals surface area contributed by atoms with Crippen LogP contribution in [0, 0.1) is 0 Å². The zero-order valence-electron chi connectivity index (χ0n) is 19.6. The highest BCUT2D eigenvalue weighted by atomic mass is 35.5. The first-order valence-electron chi connectivity index (χ1n) is 11.4. The number of hydrogen-bond acceptors (Lipinski definition) is 4. The molecule has 9 heteroatoms. The molecule has 176 valence electrons. The first-order chi connectivity index (χ1) is 16.4. The maximum Gasteiger partial charge on any atom is 0.320 e. The zero-order valence-corrected chi connectivity index (χ0v) is 20.4. The third-order valence-electron chi connectivity index (χ3n) is 6.66. The van der Waals surface area contributed by atoms with Crippen molar-refractivity contribution in [3.63, 3.8) is 0 Å². The highest BCUT2D eigenvalue weighted by molar-refractivity contribution is 6.30. The lowest BCUT2D eigenvalue weighted by Gasteiger charge is -2.38. The average Bonchev–Trinajstić information content (AvgIpc) is 3.49. The van der Waals surface area contributed by atoms with Gasteiger partial charge in [-0.3, -0.25) is 4.68 Å². The summed E-state index contributed by atoms with van der Waals surface area (Å²) in [6.45, 7) is 4.90. The van der Waals surface area contributed by atoms with E-state index in [2.05, 4.69) is 27.2 Å². The molecular weight excluding hydrogens is 450 g/mol. The molecule has 1 aliphatic heterocycles. The Balaban J connectivity index is 1.25. The number of urea groups is 1. The molecule has 8 nitrogen and oxygen atoms in total. The van der Waals surface area contributed by atoms with Crippen LogP contribution in [0.25, 0.3) is 16.6 Å². The number of carbonyl (C=O) groups is 1. The molecule has 1 aromatic carbocycles. The number of nitrogens with zero attached hydrogens (tertiary/aromatic N) is 7. The van der Waals surface area contributed by atoms with Gasteiger partial charge in [0, 0.05) is 68.8 Å². The summed E-state index contributed by atoms with van der Waals surface area (Å²) in [6, 6.07) is 11.9. The fraction of sp³-hybridized carbons (Fsp3) is 0.320. The smallest absolute Gasteiger partial charge is 0.320 e. The van der Waals surface area contributed by atoms with Gasteiger partial charge in [-0.1, -0.05) is 29.8 Å². The number of piperazine rings is 1. The Labute approximate surface area is 203 Å². The molecule has 1 atom stereocenters. The Hall–Kier alpha value is -3.52. The number of hydrogen-bond donors (Lipinski definition) is 0. The number of carbonyl (C=O) groups excluding carboxylic acids is 1. The molecule has 0 radical (unpaired) electrons. The summed E-state index contributed by atoms with van der Waals surface area (Å²) < 4.78 is 3.71. The third kappa shape index (κ3) is 4.21. The molecule has 0 N–H and O–H groups in total. The Morgan fingerprint density at radius 1 is 0.971 bits per heavy atom. The van der Waals surface area contributed by atoms with E-state index in [1.807, 2.05) is 79.5 Å². The number of rotatable bonds is 4. The fourth-order valence-corrected chi connectivity index (χ4v) is 4.57. The van der Waals surface area contributed by atoms with E-state index in [0.717, 1.165) is 41.0 Å². The van der Waals surface area contributed by atoms with Crippen molar-refractivity contribution in [2.75, 3.05) is 38.1 Å². The van der Waals surface area contributed by atoms with Crippen molar-refractivity contribution in [3.05, 3.63) is 71.8 Å². The highest BCUT2D eigenvalue weighted by Crippen LogP contribution is 2.27. The van der Waals surface area contributed by atoms with Crippen molar-refractivity contribution >= 4 is 28.8 Å². The molecule has 3 aromatic heterocycles. The van der Waals surface area contributed by atoms with Gasteiger partial charge in [0.1, 0.15) is 0 Å². The minimum atomic E-state index is -0.0311. The van der Waals surface area contributed by atoms with Crippen molar-refractivity contribution in [1.29, 1.82) is 0 Å². The standard InChI is InChI=1S/C25H28ClN7O/c1-18(19-4-7-22(26)8-5-19)30(3)25(34)32-12-10-31(11-13-32)24-15-28-33-17-20(6-9-23(24)33)21-14-27-29(2)16-21/h4-9,14-18H,10-13H2,1-3H3. The third-order valence-corrected chi connectivity index (χ3v) is 6.91. The Morgan fingerprint density at radius 2 is 1.71 bits per heavy atom. The Kier molecular flexibility index (Phi) is 5.91. The van der Waals surface area contributed by atoms with Crippen LogP contribution < -0.4 is 4.90 Å². The van der Waals surface area contributed by atoms with Crippen LogP contribution in [0.15, 0.2) is 61.2 Å². The van der Waals surface area contributed by atoms with Crippen molar-refractivity contribution < 1.29 is 4.79 Å². The van der Waals surface area contributed by atoms with Crippen molar-refractivity contribution in [2.24, 2.45) is 7.05 Å². The van der Waals surface area contributed by atoms with Crippen molar-refractivity contribution in [2.45, 2.75) is 13.0 Å². The predicted molar refractivity (Wildman–Crippen MR) is 134 cm³/mol. The minimum Gasteiger partial charge on any atom is -0.365 e. The number of benzene rings is 1. The summed E-state index contributed by atoms with van der Waals surface area (Å²) in [5, 5.41) is 9.53. The van der Waals surface area contributed by atoms with E-state index in [4.69, 9.17) is 11.6 Å². The molecule has 4 heterocycles. The predicted octanol–water partition coefficient (Wildman–Crippen LogP) is 4.32. The maximum absolute atomic E-state index is 13.1. The van der Waals surface area contributed by atoms with Gasteiger partial charge in [-0.2, -0.15) is 10.2 Å². The quantitative estimate of drug-likeness (QED) is 0.439. The molecule has 0 bridgehead atoms. The lowest BCUT2D eigenvalue weighted by Crippen LogP contribution is -2.52. The van der Waals surface area contributed by atoms with Gasteiger partial charge in [0.15, 0.2) is 0 Å². The molecule has 34 heavy (non-hydrogen) atoms. The van der Waals surface area contributed by atoms with E-state index in [1.54, 1.807) is 9.58 Å². The SMILES string of the molecule is CC(c1ccc(Cl)cc1)N(C)C(=O)N1CCN(c2cnn3cc(-c4cnn(C)c4)ccc23)CC1. The van der Waals surface area contributed by atoms with Crippen LogP contribution >= 0.6 is 11.6 Å². The van der Waals surface area contributed by atoms with Gasteiger partial charge in [0.2, 0.25) is 0 Å². The molecule has 4 aromatic rings. The maximum atomic E-state index is 13.1. The normalized spacial score (nSPS) is 15.1. The molecule has 1 unspecified atom stereocenters. The fourth-order valence-electron chi connectivity index (χ4n) is 4.45. The van der Waals surface area contributed by atoms with Crippen LogP contribution in [0.5, 0.6) is 0 Å². The Morgan fingerprint density at radius 3 is 2.38 bits per heavy atom. The first-order valence-corrected chi connectivity index (χ1v) is 11.8. The van der Waals surface area contributed by atoms with E-state index in [1.165, 1.54) is 0 Å². The van der Waals surface area contributed by atoms with Crippen LogP contribution in [-0.4, -0.2) is 68.5 Å². The Bertz CT molecular complexity index is 1300. The summed E-state index contributed by atoms with van der Waals surface area (Å²) >= 11 is 6.01. The van der Waals surface area contributed by atoms with Gasteiger partial charge < -0.3 is 14.7 Å². The zero-order chi connectivity index (χ0) is 23.8. The lowest BCUT2D eigenvalue weighted by molar-refractivity contribution is 0.147. The molecule has 1 aliphatic rings. The molecule has 1 saturated heterocycles. The number of anilines is 1. The average molecular weight is 478 g/mol. The minimum absolute atomic E-state index is 0.0311. The van der Waals surface area contributed by atoms with Gasteiger partial charge in [0.25, 0.3) is 0 Å². The number of fused-ring (bicyclic) bond motifs is 1. The lowest BCUT2D eigenvalue weighted by atomic mass is 10.1. The molecule has 2 amide bonds. The second-order valence-corrected chi connectivity index (χ2v) is 9.21. The van der Waals surface area contributed by atoms with Gasteiger partial charge in [-0.05, 0) is 30.7 Å². The van der Waals surface area contributed by atoms with E-state index < -0.39 is 0 Å². The number of pyridine rings is 1. The van der Waals surface area contributed by atoms with Gasteiger partial charge in [-0.25, -0.2) is 9.31 Å². The summed E-state index contributed by atoms with van der Waals surface area (Å²) in [5.41, 5.74) is 5.35. The van der Waals surface area contributed by atoms with Crippen LogP contribution in [0.2, 0.25) is 5.02 Å². The van der Waals surface area contributed by atoms with Crippen LogP contribution in [0.3, 0.4) is 0 Å². The monoisotopic (exact) mass is 477 g/mol. The summed E-state index contributed by atoms with van der Waals surface area (Å²) in [4.78, 5) is 19.2.